The Kier molecular flexibility index (Phi) is 2.88. The molecule has 0 aliphatic heterocycles. The third-order valence-corrected chi connectivity index (χ3v) is 1.84. The SMILES string of the molecule is Cc1noc(C)c1C=CCBr. The van der Waals surface area contributed by atoms with E-state index in [1.807, 2.05) is 26.0 Å². The molecule has 1 aromatic heterocycles. The van der Waals surface area contributed by atoms with E-state index in [0.29, 0.717) is 0 Å². The first-order valence-corrected chi connectivity index (χ1v) is 4.53. The molecule has 1 heterocycles. The van der Waals surface area contributed by atoms with E-state index in [9.17, 15) is 0 Å². The zero-order valence-electron chi connectivity index (χ0n) is 6.60. The van der Waals surface area contributed by atoms with E-state index >= 15 is 0 Å². The average molecular weight is 216 g/mol. The maximum atomic E-state index is 4.98. The fourth-order valence-corrected chi connectivity index (χ4v) is 1.08. The van der Waals surface area contributed by atoms with Gasteiger partial charge >= 0.3 is 0 Å². The molecule has 1 aromatic rings. The Hall–Kier alpha value is -0.570. The number of aryl methyl sites for hydroxylation is 2. The van der Waals surface area contributed by atoms with Crippen LogP contribution in [0.5, 0.6) is 0 Å². The zero-order valence-corrected chi connectivity index (χ0v) is 8.18. The average Bonchev–Trinajstić information content (AvgIpc) is 2.29. The molecule has 0 saturated carbocycles. The summed E-state index contributed by atoms with van der Waals surface area (Å²) in [4.78, 5) is 0. The van der Waals surface area contributed by atoms with Gasteiger partial charge in [0, 0.05) is 10.9 Å². The Morgan fingerprint density at radius 3 is 2.73 bits per heavy atom. The van der Waals surface area contributed by atoms with Crippen LogP contribution in [0.15, 0.2) is 10.6 Å². The van der Waals surface area contributed by atoms with Crippen molar-refractivity contribution in [2.45, 2.75) is 13.8 Å². The first kappa shape index (κ1) is 8.53. The van der Waals surface area contributed by atoms with Crippen molar-refractivity contribution in [3.05, 3.63) is 23.1 Å². The number of alkyl halides is 1. The van der Waals surface area contributed by atoms with Gasteiger partial charge in [0.1, 0.15) is 5.76 Å². The summed E-state index contributed by atoms with van der Waals surface area (Å²) in [7, 11) is 0. The van der Waals surface area contributed by atoms with Gasteiger partial charge in [0.05, 0.1) is 5.69 Å². The van der Waals surface area contributed by atoms with Gasteiger partial charge < -0.3 is 4.52 Å². The smallest absolute Gasteiger partial charge is 0.141 e. The van der Waals surface area contributed by atoms with E-state index in [0.717, 1.165) is 22.3 Å². The molecule has 1 rings (SSSR count). The predicted octanol–water partition coefficient (Wildman–Crippen LogP) is 2.70. The van der Waals surface area contributed by atoms with Crippen molar-refractivity contribution in [1.29, 1.82) is 0 Å². The molecule has 0 N–H and O–H groups in total. The molecular weight excluding hydrogens is 206 g/mol. The van der Waals surface area contributed by atoms with Crippen LogP contribution in [0.3, 0.4) is 0 Å². The highest BCUT2D eigenvalue weighted by molar-refractivity contribution is 9.09. The summed E-state index contributed by atoms with van der Waals surface area (Å²) in [5, 5.41) is 4.69. The van der Waals surface area contributed by atoms with Crippen molar-refractivity contribution in [2.75, 3.05) is 5.33 Å². The molecule has 3 heteroatoms. The van der Waals surface area contributed by atoms with Crippen molar-refractivity contribution in [2.24, 2.45) is 0 Å². The lowest BCUT2D eigenvalue weighted by molar-refractivity contribution is 0.393. The number of nitrogens with zero attached hydrogens (tertiary/aromatic N) is 1. The number of halogens is 1. The van der Waals surface area contributed by atoms with Crippen LogP contribution in [0.1, 0.15) is 17.0 Å². The molecule has 0 fully saturated rings. The largest absolute Gasteiger partial charge is 0.361 e. The van der Waals surface area contributed by atoms with E-state index in [1.165, 1.54) is 0 Å². The van der Waals surface area contributed by atoms with Crippen molar-refractivity contribution in [3.8, 4) is 0 Å². The molecule has 0 aromatic carbocycles. The van der Waals surface area contributed by atoms with Gasteiger partial charge in [-0.25, -0.2) is 0 Å². The highest BCUT2D eigenvalue weighted by Gasteiger charge is 2.03. The van der Waals surface area contributed by atoms with E-state index in [2.05, 4.69) is 21.1 Å². The first-order chi connectivity index (χ1) is 5.25. The topological polar surface area (TPSA) is 26.0 Å². The molecule has 0 spiro atoms. The highest BCUT2D eigenvalue weighted by Crippen LogP contribution is 2.13. The Bertz CT molecular complexity index is 246. The Labute approximate surface area is 74.4 Å². The van der Waals surface area contributed by atoms with Crippen LogP contribution in [0.2, 0.25) is 0 Å². The van der Waals surface area contributed by atoms with Crippen LogP contribution in [0, 0.1) is 13.8 Å². The lowest BCUT2D eigenvalue weighted by Gasteiger charge is -1.86. The van der Waals surface area contributed by atoms with Gasteiger partial charge in [-0.2, -0.15) is 0 Å². The van der Waals surface area contributed by atoms with Crippen LogP contribution in [0.4, 0.5) is 0 Å². The zero-order chi connectivity index (χ0) is 8.27. The maximum Gasteiger partial charge on any atom is 0.141 e. The molecule has 0 atom stereocenters. The molecule has 60 valence electrons. The summed E-state index contributed by atoms with van der Waals surface area (Å²) < 4.78 is 4.98. The molecule has 2 nitrogen and oxygen atoms in total. The second kappa shape index (κ2) is 3.72. The summed E-state index contributed by atoms with van der Waals surface area (Å²) in [6.45, 7) is 3.85. The fraction of sp³-hybridized carbons (Fsp3) is 0.375. The summed E-state index contributed by atoms with van der Waals surface area (Å²) in [5.41, 5.74) is 2.03. The number of hydrogen-bond acceptors (Lipinski definition) is 2. The third kappa shape index (κ3) is 1.93. The van der Waals surface area contributed by atoms with Crippen LogP contribution >= 0.6 is 15.9 Å². The van der Waals surface area contributed by atoms with Crippen molar-refractivity contribution in [3.63, 3.8) is 0 Å². The normalized spacial score (nSPS) is 11.2. The molecule has 0 aliphatic rings. The molecule has 0 aliphatic carbocycles. The molecule has 0 amide bonds. The van der Waals surface area contributed by atoms with Crippen LogP contribution in [-0.2, 0) is 0 Å². The van der Waals surface area contributed by atoms with E-state index < -0.39 is 0 Å². The minimum atomic E-state index is 0.858. The van der Waals surface area contributed by atoms with E-state index in [-0.39, 0.29) is 0 Å². The van der Waals surface area contributed by atoms with Crippen LogP contribution < -0.4 is 0 Å². The molecule has 0 bridgehead atoms. The molecule has 11 heavy (non-hydrogen) atoms. The Morgan fingerprint density at radius 2 is 2.27 bits per heavy atom. The van der Waals surface area contributed by atoms with Gasteiger partial charge in [0.25, 0.3) is 0 Å². The highest BCUT2D eigenvalue weighted by atomic mass is 79.9. The maximum absolute atomic E-state index is 4.98. The summed E-state index contributed by atoms with van der Waals surface area (Å²) >= 11 is 3.31. The number of aromatic nitrogens is 1. The summed E-state index contributed by atoms with van der Waals surface area (Å²) in [5.74, 6) is 0.875. The number of allylic oxidation sites excluding steroid dienone is 1. The van der Waals surface area contributed by atoms with E-state index in [1.54, 1.807) is 0 Å². The lowest BCUT2D eigenvalue weighted by atomic mass is 10.2. The van der Waals surface area contributed by atoms with Gasteiger partial charge in [-0.1, -0.05) is 33.2 Å². The van der Waals surface area contributed by atoms with Gasteiger partial charge in [0.15, 0.2) is 0 Å². The standard InChI is InChI=1S/C8H10BrNO/c1-6-8(4-3-5-9)7(2)11-10-6/h3-4H,5H2,1-2H3. The van der Waals surface area contributed by atoms with Crippen molar-refractivity contribution in [1.82, 2.24) is 5.16 Å². The minimum Gasteiger partial charge on any atom is -0.361 e. The number of rotatable bonds is 2. The third-order valence-electron chi connectivity index (χ3n) is 1.46. The van der Waals surface area contributed by atoms with Crippen molar-refractivity contribution >= 4 is 22.0 Å². The molecule has 0 unspecified atom stereocenters. The quantitative estimate of drug-likeness (QED) is 0.710. The molecule has 0 radical (unpaired) electrons. The first-order valence-electron chi connectivity index (χ1n) is 3.41. The molecular formula is C8H10BrNO. The second-order valence-corrected chi connectivity index (χ2v) is 2.94. The minimum absolute atomic E-state index is 0.858. The Balaban J connectivity index is 2.92. The lowest BCUT2D eigenvalue weighted by Crippen LogP contribution is -1.76. The van der Waals surface area contributed by atoms with E-state index in [4.69, 9.17) is 4.52 Å². The monoisotopic (exact) mass is 215 g/mol. The van der Waals surface area contributed by atoms with Gasteiger partial charge in [-0.15, -0.1) is 0 Å². The van der Waals surface area contributed by atoms with Gasteiger partial charge in [-0.05, 0) is 13.8 Å². The van der Waals surface area contributed by atoms with Crippen LogP contribution in [-0.4, -0.2) is 10.5 Å². The van der Waals surface area contributed by atoms with Crippen molar-refractivity contribution < 1.29 is 4.52 Å². The fourth-order valence-electron chi connectivity index (χ4n) is 0.890. The van der Waals surface area contributed by atoms with Gasteiger partial charge in [0.2, 0.25) is 0 Å². The molecule has 0 saturated heterocycles. The summed E-state index contributed by atoms with van der Waals surface area (Å²) in [6.07, 6.45) is 4.03. The van der Waals surface area contributed by atoms with Crippen LogP contribution in [0.25, 0.3) is 6.08 Å². The number of hydrogen-bond donors (Lipinski definition) is 0. The summed E-state index contributed by atoms with van der Waals surface area (Å²) in [6, 6.07) is 0. The predicted molar refractivity (Wildman–Crippen MR) is 48.8 cm³/mol. The second-order valence-electron chi connectivity index (χ2n) is 2.29. The van der Waals surface area contributed by atoms with Gasteiger partial charge in [-0.3, -0.25) is 0 Å². The Morgan fingerprint density at radius 1 is 1.55 bits per heavy atom.